The Bertz CT molecular complexity index is 1100. The Morgan fingerprint density at radius 3 is 2.81 bits per heavy atom. The topological polar surface area (TPSA) is 69.0 Å². The van der Waals surface area contributed by atoms with Crippen molar-refractivity contribution in [3.05, 3.63) is 77.4 Å². The molecular formula is C23H25FN4O2S. The molecule has 0 radical (unpaired) electrons. The molecule has 2 aromatic carbocycles. The number of halogens is 1. The van der Waals surface area contributed by atoms with Gasteiger partial charge in [-0.1, -0.05) is 36.0 Å². The van der Waals surface area contributed by atoms with E-state index in [1.165, 1.54) is 23.9 Å². The van der Waals surface area contributed by atoms with Crippen molar-refractivity contribution in [2.75, 3.05) is 11.1 Å². The van der Waals surface area contributed by atoms with Crippen molar-refractivity contribution in [1.29, 1.82) is 0 Å². The third kappa shape index (κ3) is 5.73. The summed E-state index contributed by atoms with van der Waals surface area (Å²) in [5, 5.41) is 11.8. The molecule has 0 aliphatic heterocycles. The number of rotatable bonds is 9. The van der Waals surface area contributed by atoms with Crippen LogP contribution in [0, 0.1) is 26.6 Å². The molecular weight excluding hydrogens is 415 g/mol. The van der Waals surface area contributed by atoms with E-state index in [-0.39, 0.29) is 18.3 Å². The first-order valence-electron chi connectivity index (χ1n) is 9.80. The van der Waals surface area contributed by atoms with Gasteiger partial charge in [-0.25, -0.2) is 4.39 Å². The summed E-state index contributed by atoms with van der Waals surface area (Å²) in [5.41, 5.74) is 3.48. The molecule has 0 aliphatic carbocycles. The molecule has 0 saturated heterocycles. The molecule has 0 bridgehead atoms. The Labute approximate surface area is 185 Å². The van der Waals surface area contributed by atoms with Gasteiger partial charge in [0.1, 0.15) is 18.2 Å². The first-order valence-corrected chi connectivity index (χ1v) is 10.8. The van der Waals surface area contributed by atoms with Crippen LogP contribution < -0.4 is 10.1 Å². The fourth-order valence-electron chi connectivity index (χ4n) is 2.91. The number of benzene rings is 2. The Kier molecular flexibility index (Phi) is 7.46. The monoisotopic (exact) mass is 440 g/mol. The zero-order valence-electron chi connectivity index (χ0n) is 17.8. The van der Waals surface area contributed by atoms with Crippen LogP contribution >= 0.6 is 11.8 Å². The van der Waals surface area contributed by atoms with Gasteiger partial charge >= 0.3 is 0 Å². The van der Waals surface area contributed by atoms with E-state index in [2.05, 4.69) is 22.1 Å². The van der Waals surface area contributed by atoms with E-state index >= 15 is 0 Å². The summed E-state index contributed by atoms with van der Waals surface area (Å²) < 4.78 is 21.2. The van der Waals surface area contributed by atoms with Crippen molar-refractivity contribution in [2.45, 2.75) is 39.1 Å². The summed E-state index contributed by atoms with van der Waals surface area (Å²) in [7, 11) is 0. The lowest BCUT2D eigenvalue weighted by Gasteiger charge is -2.12. The fraction of sp³-hybridized carbons (Fsp3) is 0.261. The van der Waals surface area contributed by atoms with Crippen LogP contribution in [0.15, 0.2) is 54.2 Å². The van der Waals surface area contributed by atoms with Crippen LogP contribution in [0.3, 0.4) is 0 Å². The number of nitrogens with one attached hydrogen (secondary N) is 1. The second-order valence-corrected chi connectivity index (χ2v) is 8.02. The molecule has 1 aromatic heterocycles. The Hall–Kier alpha value is -3.13. The zero-order chi connectivity index (χ0) is 22.4. The Balaban J connectivity index is 1.65. The molecule has 0 aliphatic rings. The molecule has 162 valence electrons. The van der Waals surface area contributed by atoms with Gasteiger partial charge in [0, 0.05) is 12.2 Å². The molecule has 31 heavy (non-hydrogen) atoms. The number of allylic oxidation sites excluding steroid dienone is 1. The number of ether oxygens (including phenoxy) is 1. The Morgan fingerprint density at radius 1 is 1.23 bits per heavy atom. The number of carbonyl (C=O) groups is 1. The van der Waals surface area contributed by atoms with Crippen molar-refractivity contribution in [1.82, 2.24) is 14.8 Å². The van der Waals surface area contributed by atoms with Crippen LogP contribution in [0.1, 0.15) is 22.5 Å². The maximum Gasteiger partial charge on any atom is 0.234 e. The van der Waals surface area contributed by atoms with Crippen molar-refractivity contribution in [2.24, 2.45) is 0 Å². The van der Waals surface area contributed by atoms with Gasteiger partial charge in [-0.15, -0.1) is 16.8 Å². The summed E-state index contributed by atoms with van der Waals surface area (Å²) in [4.78, 5) is 12.3. The minimum atomic E-state index is -0.396. The smallest absolute Gasteiger partial charge is 0.234 e. The summed E-state index contributed by atoms with van der Waals surface area (Å²) in [6.07, 6.45) is 1.74. The van der Waals surface area contributed by atoms with Gasteiger partial charge in [0.25, 0.3) is 0 Å². The van der Waals surface area contributed by atoms with Crippen LogP contribution in [-0.4, -0.2) is 26.4 Å². The predicted molar refractivity (Wildman–Crippen MR) is 121 cm³/mol. The summed E-state index contributed by atoms with van der Waals surface area (Å²) in [6.45, 7) is 10.4. The maximum absolute atomic E-state index is 13.4. The fourth-order valence-corrected chi connectivity index (χ4v) is 3.68. The first kappa shape index (κ1) is 22.6. The molecule has 0 atom stereocenters. The largest absolute Gasteiger partial charge is 0.485 e. The van der Waals surface area contributed by atoms with Gasteiger partial charge in [-0.3, -0.25) is 9.36 Å². The summed E-state index contributed by atoms with van der Waals surface area (Å²) >= 11 is 1.25. The van der Waals surface area contributed by atoms with E-state index < -0.39 is 5.82 Å². The van der Waals surface area contributed by atoms with Gasteiger partial charge in [-0.05, 0) is 55.7 Å². The number of hydrogen-bond donors (Lipinski definition) is 1. The molecule has 0 fully saturated rings. The lowest BCUT2D eigenvalue weighted by Crippen LogP contribution is -2.16. The zero-order valence-corrected chi connectivity index (χ0v) is 18.6. The highest BCUT2D eigenvalue weighted by Crippen LogP contribution is 2.23. The second-order valence-electron chi connectivity index (χ2n) is 7.08. The van der Waals surface area contributed by atoms with Crippen molar-refractivity contribution in [3.8, 4) is 5.75 Å². The predicted octanol–water partition coefficient (Wildman–Crippen LogP) is 4.84. The number of amides is 1. The Morgan fingerprint density at radius 2 is 2.03 bits per heavy atom. The van der Waals surface area contributed by atoms with E-state index in [4.69, 9.17) is 4.74 Å². The standard InChI is InChI=1S/C23H25FN4O2S/c1-5-11-28-21(13-30-20-8-6-7-15(2)17(20)4)26-27-23(28)31-14-22(29)25-19-12-18(24)10-9-16(19)3/h5-10,12H,1,11,13-14H2,2-4H3,(H,25,29). The highest BCUT2D eigenvalue weighted by molar-refractivity contribution is 7.99. The quantitative estimate of drug-likeness (QED) is 0.381. The van der Waals surface area contributed by atoms with Gasteiger partial charge in [-0.2, -0.15) is 0 Å². The normalized spacial score (nSPS) is 10.7. The molecule has 3 aromatic rings. The average molecular weight is 441 g/mol. The average Bonchev–Trinajstić information content (AvgIpc) is 3.12. The molecule has 0 unspecified atom stereocenters. The summed E-state index contributed by atoms with van der Waals surface area (Å²) in [5.74, 6) is 0.910. The summed E-state index contributed by atoms with van der Waals surface area (Å²) in [6, 6.07) is 10.2. The van der Waals surface area contributed by atoms with Gasteiger partial charge < -0.3 is 10.1 Å². The van der Waals surface area contributed by atoms with E-state index in [1.54, 1.807) is 12.1 Å². The molecule has 0 spiro atoms. The number of aryl methyl sites for hydroxylation is 2. The number of hydrogen-bond acceptors (Lipinski definition) is 5. The number of carbonyl (C=O) groups excluding carboxylic acids is 1. The molecule has 1 N–H and O–H groups in total. The molecule has 6 nitrogen and oxygen atoms in total. The SMILES string of the molecule is C=CCn1c(COc2cccc(C)c2C)nnc1SCC(=O)Nc1cc(F)ccc1C. The van der Waals surface area contributed by atoms with Crippen molar-refractivity contribution < 1.29 is 13.9 Å². The maximum atomic E-state index is 13.4. The molecule has 1 amide bonds. The third-order valence-corrected chi connectivity index (χ3v) is 5.79. The highest BCUT2D eigenvalue weighted by Gasteiger charge is 2.15. The van der Waals surface area contributed by atoms with Gasteiger partial charge in [0.2, 0.25) is 5.91 Å². The lowest BCUT2D eigenvalue weighted by molar-refractivity contribution is -0.113. The molecule has 0 saturated carbocycles. The van der Waals surface area contributed by atoms with Crippen LogP contribution in [0.5, 0.6) is 5.75 Å². The van der Waals surface area contributed by atoms with Crippen LogP contribution in [0.4, 0.5) is 10.1 Å². The van der Waals surface area contributed by atoms with Crippen LogP contribution in [-0.2, 0) is 17.9 Å². The number of nitrogens with zero attached hydrogens (tertiary/aromatic N) is 3. The van der Waals surface area contributed by atoms with Crippen molar-refractivity contribution >= 4 is 23.4 Å². The molecule has 1 heterocycles. The van der Waals surface area contributed by atoms with Crippen LogP contribution in [0.25, 0.3) is 0 Å². The lowest BCUT2D eigenvalue weighted by atomic mass is 10.1. The third-order valence-electron chi connectivity index (χ3n) is 4.82. The number of anilines is 1. The minimum Gasteiger partial charge on any atom is -0.485 e. The van der Waals surface area contributed by atoms with Crippen molar-refractivity contribution in [3.63, 3.8) is 0 Å². The molecule has 8 heteroatoms. The minimum absolute atomic E-state index is 0.114. The second kappa shape index (κ2) is 10.3. The van der Waals surface area contributed by atoms with E-state index in [0.717, 1.165) is 22.4 Å². The van der Waals surface area contributed by atoms with Crippen LogP contribution in [0.2, 0.25) is 0 Å². The number of aromatic nitrogens is 3. The van der Waals surface area contributed by atoms with E-state index in [0.29, 0.717) is 23.2 Å². The van der Waals surface area contributed by atoms with Gasteiger partial charge in [0.15, 0.2) is 11.0 Å². The van der Waals surface area contributed by atoms with E-state index in [1.807, 2.05) is 43.5 Å². The number of thioether (sulfide) groups is 1. The first-order chi connectivity index (χ1) is 14.9. The molecule has 3 rings (SSSR count). The highest BCUT2D eigenvalue weighted by atomic mass is 32.2. The van der Waals surface area contributed by atoms with Gasteiger partial charge in [0.05, 0.1) is 5.75 Å². The van der Waals surface area contributed by atoms with E-state index in [9.17, 15) is 9.18 Å².